The fraction of sp³-hybridized carbons (Fsp3) is 0.300. The number of methoxy groups -OCH3 is 2. The van der Waals surface area contributed by atoms with Gasteiger partial charge in [0.25, 0.3) is 5.91 Å². The van der Waals surface area contributed by atoms with Gasteiger partial charge in [0.1, 0.15) is 27.4 Å². The first-order valence-corrected chi connectivity index (χ1v) is 9.77. The number of aryl methyl sites for hydroxylation is 1. The van der Waals surface area contributed by atoms with Crippen LogP contribution in [0.15, 0.2) is 18.2 Å². The van der Waals surface area contributed by atoms with Crippen molar-refractivity contribution in [3.05, 3.63) is 45.5 Å². The maximum Gasteiger partial charge on any atom is 0.417 e. The zero-order valence-electron chi connectivity index (χ0n) is 16.5. The van der Waals surface area contributed by atoms with E-state index in [1.54, 1.807) is 19.1 Å². The second kappa shape index (κ2) is 7.05. The van der Waals surface area contributed by atoms with E-state index in [0.717, 1.165) is 17.4 Å². The van der Waals surface area contributed by atoms with Gasteiger partial charge in [0.2, 0.25) is 0 Å². The molecule has 0 saturated heterocycles. The van der Waals surface area contributed by atoms with Gasteiger partial charge in [0, 0.05) is 22.2 Å². The molecule has 1 amide bonds. The molecule has 2 N–H and O–H groups in total. The molecule has 0 aliphatic carbocycles. The normalized spacial score (nSPS) is 16.1. The molecular formula is C20H18F3N3O3S. The van der Waals surface area contributed by atoms with Crippen LogP contribution in [0.2, 0.25) is 0 Å². The van der Waals surface area contributed by atoms with Crippen molar-refractivity contribution in [3.63, 3.8) is 0 Å². The minimum atomic E-state index is -4.58. The van der Waals surface area contributed by atoms with Crippen molar-refractivity contribution >= 4 is 33.1 Å². The van der Waals surface area contributed by atoms with Gasteiger partial charge >= 0.3 is 6.18 Å². The Labute approximate surface area is 174 Å². The number of hydrogen-bond acceptors (Lipinski definition) is 6. The molecule has 0 saturated carbocycles. The van der Waals surface area contributed by atoms with Gasteiger partial charge in [0.05, 0.1) is 25.5 Å². The van der Waals surface area contributed by atoms with E-state index in [2.05, 4.69) is 15.6 Å². The minimum Gasteiger partial charge on any atom is -0.496 e. The number of fused-ring (bicyclic) bond motifs is 3. The monoisotopic (exact) mass is 437 g/mol. The first-order chi connectivity index (χ1) is 14.2. The molecule has 6 nitrogen and oxygen atoms in total. The van der Waals surface area contributed by atoms with Gasteiger partial charge in [-0.2, -0.15) is 13.2 Å². The lowest BCUT2D eigenvalue weighted by Gasteiger charge is -2.28. The van der Waals surface area contributed by atoms with E-state index < -0.39 is 23.8 Å². The first-order valence-electron chi connectivity index (χ1n) is 8.96. The molecule has 1 aliphatic rings. The molecule has 4 rings (SSSR count). The number of benzene rings is 1. The standard InChI is InChI=1S/C20H18F3N3O3S/c1-8-7-11(20(21,22)23)13-14-16(30-19(13)24-8)18(27)26-17(25-14)10-5-6-12(28-3)9(2)15(10)29-4/h5-7,17,25H,1-4H3,(H,26,27). The second-order valence-electron chi connectivity index (χ2n) is 6.86. The van der Waals surface area contributed by atoms with Crippen LogP contribution in [0, 0.1) is 13.8 Å². The fourth-order valence-electron chi connectivity index (χ4n) is 3.69. The van der Waals surface area contributed by atoms with Crippen molar-refractivity contribution in [3.8, 4) is 11.5 Å². The number of hydrogen-bond donors (Lipinski definition) is 2. The van der Waals surface area contributed by atoms with Gasteiger partial charge in [-0.25, -0.2) is 4.98 Å². The van der Waals surface area contributed by atoms with E-state index >= 15 is 0 Å². The van der Waals surface area contributed by atoms with E-state index in [1.165, 1.54) is 21.1 Å². The summed E-state index contributed by atoms with van der Waals surface area (Å²) >= 11 is 0.932. The highest BCUT2D eigenvalue weighted by atomic mass is 32.1. The molecule has 30 heavy (non-hydrogen) atoms. The molecule has 2 aromatic heterocycles. The van der Waals surface area contributed by atoms with Crippen molar-refractivity contribution in [2.75, 3.05) is 19.5 Å². The number of rotatable bonds is 3. The van der Waals surface area contributed by atoms with Crippen LogP contribution in [0.4, 0.5) is 18.9 Å². The van der Waals surface area contributed by atoms with Crippen LogP contribution in [0.1, 0.15) is 38.2 Å². The zero-order chi connectivity index (χ0) is 21.8. The number of carbonyl (C=O) groups is 1. The number of nitrogens with one attached hydrogen (secondary N) is 2. The molecule has 1 unspecified atom stereocenters. The smallest absolute Gasteiger partial charge is 0.417 e. The average Bonchev–Trinajstić information content (AvgIpc) is 3.05. The van der Waals surface area contributed by atoms with Crippen LogP contribution in [0.25, 0.3) is 10.2 Å². The summed E-state index contributed by atoms with van der Waals surface area (Å²) in [5.41, 5.74) is 0.823. The Hall–Kier alpha value is -3.01. The van der Waals surface area contributed by atoms with Crippen LogP contribution < -0.4 is 20.1 Å². The Kier molecular flexibility index (Phi) is 4.76. The lowest BCUT2D eigenvalue weighted by atomic mass is 10.0. The number of nitrogens with zero attached hydrogens (tertiary/aromatic N) is 1. The number of carbonyl (C=O) groups excluding carboxylic acids is 1. The molecule has 1 aromatic carbocycles. The van der Waals surface area contributed by atoms with E-state index in [0.29, 0.717) is 22.6 Å². The number of halogens is 3. The quantitative estimate of drug-likeness (QED) is 0.616. The van der Waals surface area contributed by atoms with Gasteiger partial charge < -0.3 is 20.1 Å². The number of pyridine rings is 1. The van der Waals surface area contributed by atoms with Crippen LogP contribution in [0.5, 0.6) is 11.5 Å². The Balaban J connectivity index is 1.90. The molecule has 158 valence electrons. The summed E-state index contributed by atoms with van der Waals surface area (Å²) < 4.78 is 52.0. The summed E-state index contributed by atoms with van der Waals surface area (Å²) in [6.07, 6.45) is -5.37. The maximum absolute atomic E-state index is 13.7. The number of alkyl halides is 3. The molecule has 1 aliphatic heterocycles. The zero-order valence-corrected chi connectivity index (χ0v) is 17.3. The van der Waals surface area contributed by atoms with Crippen LogP contribution in [0.3, 0.4) is 0 Å². The second-order valence-corrected chi connectivity index (χ2v) is 7.86. The number of anilines is 1. The van der Waals surface area contributed by atoms with Crippen LogP contribution in [-0.4, -0.2) is 25.1 Å². The van der Waals surface area contributed by atoms with Gasteiger partial charge in [-0.15, -0.1) is 11.3 Å². The summed E-state index contributed by atoms with van der Waals surface area (Å²) in [6.45, 7) is 3.29. The number of ether oxygens (including phenoxy) is 2. The highest BCUT2D eigenvalue weighted by Gasteiger charge is 2.38. The number of amides is 1. The van der Waals surface area contributed by atoms with Gasteiger partial charge in [-0.3, -0.25) is 4.79 Å². The predicted octanol–water partition coefficient (Wildman–Crippen LogP) is 4.80. The van der Waals surface area contributed by atoms with Crippen molar-refractivity contribution < 1.29 is 27.4 Å². The van der Waals surface area contributed by atoms with Crippen LogP contribution >= 0.6 is 11.3 Å². The fourth-order valence-corrected chi connectivity index (χ4v) is 4.80. The highest BCUT2D eigenvalue weighted by Crippen LogP contribution is 2.46. The Morgan fingerprint density at radius 1 is 1.13 bits per heavy atom. The Morgan fingerprint density at radius 3 is 2.50 bits per heavy atom. The lowest BCUT2D eigenvalue weighted by Crippen LogP contribution is -2.38. The van der Waals surface area contributed by atoms with Gasteiger partial charge in [-0.05, 0) is 32.0 Å². The number of aromatic nitrogens is 1. The molecule has 0 spiro atoms. The van der Waals surface area contributed by atoms with Gasteiger partial charge in [-0.1, -0.05) is 0 Å². The SMILES string of the molecule is COc1ccc(C2NC(=O)c3sc4nc(C)cc(C(F)(F)F)c4c3N2)c(OC)c1C. The van der Waals surface area contributed by atoms with Crippen molar-refractivity contribution in [1.82, 2.24) is 10.3 Å². The van der Waals surface area contributed by atoms with E-state index in [-0.39, 0.29) is 26.5 Å². The molecule has 3 aromatic rings. The van der Waals surface area contributed by atoms with Crippen LogP contribution in [-0.2, 0) is 6.18 Å². The average molecular weight is 437 g/mol. The molecule has 0 bridgehead atoms. The Morgan fingerprint density at radius 2 is 1.87 bits per heavy atom. The third kappa shape index (κ3) is 3.11. The van der Waals surface area contributed by atoms with E-state index in [4.69, 9.17) is 9.47 Å². The number of thiophene rings is 1. The Bertz CT molecular complexity index is 1170. The summed E-state index contributed by atoms with van der Waals surface area (Å²) in [5.74, 6) is 0.594. The summed E-state index contributed by atoms with van der Waals surface area (Å²) in [4.78, 5) is 17.3. The predicted molar refractivity (Wildman–Crippen MR) is 107 cm³/mol. The minimum absolute atomic E-state index is 0.0999. The maximum atomic E-state index is 13.7. The third-order valence-electron chi connectivity index (χ3n) is 4.99. The molecule has 3 heterocycles. The van der Waals surface area contributed by atoms with Crippen molar-refractivity contribution in [2.45, 2.75) is 26.2 Å². The molecule has 1 atom stereocenters. The summed E-state index contributed by atoms with van der Waals surface area (Å²) in [7, 11) is 3.01. The van der Waals surface area contributed by atoms with E-state index in [1.807, 2.05) is 0 Å². The first kappa shape index (κ1) is 20.3. The van der Waals surface area contributed by atoms with Crippen molar-refractivity contribution in [2.24, 2.45) is 0 Å². The van der Waals surface area contributed by atoms with Crippen molar-refractivity contribution in [1.29, 1.82) is 0 Å². The molecular weight excluding hydrogens is 419 g/mol. The van der Waals surface area contributed by atoms with E-state index in [9.17, 15) is 18.0 Å². The van der Waals surface area contributed by atoms with Gasteiger partial charge in [0.15, 0.2) is 0 Å². The molecule has 0 radical (unpaired) electrons. The third-order valence-corrected chi connectivity index (χ3v) is 6.07. The summed E-state index contributed by atoms with van der Waals surface area (Å²) in [6, 6.07) is 4.42. The highest BCUT2D eigenvalue weighted by molar-refractivity contribution is 7.21. The topological polar surface area (TPSA) is 72.5 Å². The molecule has 10 heteroatoms. The summed E-state index contributed by atoms with van der Waals surface area (Å²) in [5, 5.41) is 5.75. The molecule has 0 fully saturated rings. The largest absolute Gasteiger partial charge is 0.496 e. The lowest BCUT2D eigenvalue weighted by molar-refractivity contribution is -0.136.